The van der Waals surface area contributed by atoms with Gasteiger partial charge in [-0.15, -0.1) is 0 Å². The first-order valence-corrected chi connectivity index (χ1v) is 9.95. The van der Waals surface area contributed by atoms with E-state index in [1.54, 1.807) is 11.2 Å². The number of ether oxygens (including phenoxy) is 1. The minimum absolute atomic E-state index is 0.109. The fourth-order valence-corrected chi connectivity index (χ4v) is 3.30. The average molecular weight is 385 g/mol. The maximum Gasteiger partial charge on any atom is 0.410 e. The summed E-state index contributed by atoms with van der Waals surface area (Å²) in [7, 11) is 0. The SMILES string of the molecule is CCn1c(N2CCN(C(=O)OC(C)(C)C)CC2)nc(CO)c1C(=O)SC. The number of aromatic nitrogens is 2. The van der Waals surface area contributed by atoms with Crippen LogP contribution in [0.1, 0.15) is 43.9 Å². The second-order valence-electron chi connectivity index (χ2n) is 7.06. The molecule has 0 bridgehead atoms. The molecule has 1 aromatic rings. The van der Waals surface area contributed by atoms with Crippen LogP contribution in [0.5, 0.6) is 0 Å². The zero-order valence-electron chi connectivity index (χ0n) is 16.1. The second-order valence-corrected chi connectivity index (χ2v) is 7.83. The number of thioether (sulfide) groups is 1. The Kier molecular flexibility index (Phi) is 6.57. The fourth-order valence-electron chi connectivity index (χ4n) is 2.88. The molecule has 1 amide bonds. The van der Waals surface area contributed by atoms with Gasteiger partial charge in [0.1, 0.15) is 11.3 Å². The van der Waals surface area contributed by atoms with Crippen LogP contribution in [-0.2, 0) is 17.9 Å². The average Bonchev–Trinajstić information content (AvgIpc) is 2.98. The molecule has 9 heteroatoms. The number of aliphatic hydroxyl groups is 1. The predicted molar refractivity (Wildman–Crippen MR) is 102 cm³/mol. The van der Waals surface area contributed by atoms with Gasteiger partial charge in [0.25, 0.3) is 0 Å². The standard InChI is InChI=1S/C17H28N4O4S/c1-6-21-13(14(23)26-5)12(11-22)18-15(21)19-7-9-20(10-8-19)16(24)25-17(2,3)4/h22H,6-11H2,1-5H3. The third-order valence-corrected chi connectivity index (χ3v) is 4.64. The van der Waals surface area contributed by atoms with Gasteiger partial charge in [0, 0.05) is 32.7 Å². The molecule has 0 aliphatic carbocycles. The van der Waals surface area contributed by atoms with Gasteiger partial charge in [-0.05, 0) is 34.0 Å². The third-order valence-electron chi connectivity index (χ3n) is 4.08. The van der Waals surface area contributed by atoms with Crippen molar-refractivity contribution in [1.82, 2.24) is 14.5 Å². The number of piperazine rings is 1. The molecule has 1 aromatic heterocycles. The van der Waals surface area contributed by atoms with Crippen molar-refractivity contribution in [3.8, 4) is 0 Å². The zero-order chi connectivity index (χ0) is 19.5. The third kappa shape index (κ3) is 4.50. The van der Waals surface area contributed by atoms with Crippen molar-refractivity contribution < 1.29 is 19.4 Å². The van der Waals surface area contributed by atoms with Crippen molar-refractivity contribution in [2.75, 3.05) is 37.3 Å². The Morgan fingerprint density at radius 1 is 1.23 bits per heavy atom. The van der Waals surface area contributed by atoms with Crippen LogP contribution in [0, 0.1) is 0 Å². The van der Waals surface area contributed by atoms with Crippen molar-refractivity contribution >= 4 is 28.9 Å². The molecule has 2 heterocycles. The number of aliphatic hydroxyl groups excluding tert-OH is 1. The van der Waals surface area contributed by atoms with Gasteiger partial charge in [-0.25, -0.2) is 9.78 Å². The van der Waals surface area contributed by atoms with Gasteiger partial charge in [-0.2, -0.15) is 0 Å². The number of rotatable bonds is 4. The number of carbonyl (C=O) groups is 2. The summed E-state index contributed by atoms with van der Waals surface area (Å²) in [5, 5.41) is 9.48. The molecule has 2 rings (SSSR count). The monoisotopic (exact) mass is 384 g/mol. The first kappa shape index (κ1) is 20.6. The van der Waals surface area contributed by atoms with E-state index in [-0.39, 0.29) is 17.8 Å². The Labute approximate surface area is 158 Å². The summed E-state index contributed by atoms with van der Waals surface area (Å²) in [6, 6.07) is 0. The van der Waals surface area contributed by atoms with Gasteiger partial charge in [-0.3, -0.25) is 4.79 Å². The van der Waals surface area contributed by atoms with Crippen LogP contribution in [0.15, 0.2) is 0 Å². The van der Waals surface area contributed by atoms with Crippen molar-refractivity contribution in [3.63, 3.8) is 0 Å². The fraction of sp³-hybridized carbons (Fsp3) is 0.706. The first-order chi connectivity index (χ1) is 12.2. The molecule has 0 radical (unpaired) electrons. The van der Waals surface area contributed by atoms with E-state index in [4.69, 9.17) is 4.74 Å². The Bertz CT molecular complexity index is 660. The molecule has 1 aliphatic heterocycles. The van der Waals surface area contributed by atoms with Crippen molar-refractivity contribution in [2.24, 2.45) is 0 Å². The van der Waals surface area contributed by atoms with Crippen molar-refractivity contribution in [1.29, 1.82) is 0 Å². The summed E-state index contributed by atoms with van der Waals surface area (Å²) in [5.74, 6) is 0.665. The maximum atomic E-state index is 12.2. The van der Waals surface area contributed by atoms with Crippen LogP contribution in [0.3, 0.4) is 0 Å². The van der Waals surface area contributed by atoms with Crippen LogP contribution < -0.4 is 4.90 Å². The number of hydrogen-bond donors (Lipinski definition) is 1. The number of nitrogens with zero attached hydrogens (tertiary/aromatic N) is 4. The van der Waals surface area contributed by atoms with Gasteiger partial charge in [-0.1, -0.05) is 11.8 Å². The molecular formula is C17H28N4O4S. The maximum absolute atomic E-state index is 12.2. The van der Waals surface area contributed by atoms with Gasteiger partial charge < -0.3 is 24.2 Å². The molecule has 8 nitrogen and oxygen atoms in total. The number of hydrogen-bond acceptors (Lipinski definition) is 7. The second kappa shape index (κ2) is 8.30. The van der Waals surface area contributed by atoms with Crippen LogP contribution in [0.2, 0.25) is 0 Å². The highest BCUT2D eigenvalue weighted by atomic mass is 32.2. The van der Waals surface area contributed by atoms with E-state index in [1.165, 1.54) is 0 Å². The summed E-state index contributed by atoms with van der Waals surface area (Å²) in [5.41, 5.74) is 0.332. The minimum Gasteiger partial charge on any atom is -0.444 e. The number of amides is 1. The molecule has 146 valence electrons. The highest BCUT2D eigenvalue weighted by Crippen LogP contribution is 2.25. The topological polar surface area (TPSA) is 87.9 Å². The van der Waals surface area contributed by atoms with Gasteiger partial charge in [0.15, 0.2) is 0 Å². The molecule has 26 heavy (non-hydrogen) atoms. The van der Waals surface area contributed by atoms with Crippen LogP contribution in [0.4, 0.5) is 10.7 Å². The Balaban J connectivity index is 2.15. The first-order valence-electron chi connectivity index (χ1n) is 8.73. The van der Waals surface area contributed by atoms with Crippen LogP contribution in [0.25, 0.3) is 0 Å². The van der Waals surface area contributed by atoms with E-state index in [2.05, 4.69) is 4.98 Å². The van der Waals surface area contributed by atoms with Crippen molar-refractivity contribution in [2.45, 2.75) is 46.4 Å². The number of carbonyl (C=O) groups excluding carboxylic acids is 2. The van der Waals surface area contributed by atoms with E-state index in [0.29, 0.717) is 50.1 Å². The van der Waals surface area contributed by atoms with Gasteiger partial charge >= 0.3 is 6.09 Å². The summed E-state index contributed by atoms with van der Waals surface area (Å²) < 4.78 is 7.26. The highest BCUT2D eigenvalue weighted by Gasteiger charge is 2.29. The smallest absolute Gasteiger partial charge is 0.410 e. The molecule has 1 aliphatic rings. The zero-order valence-corrected chi connectivity index (χ0v) is 16.9. The Hall–Kier alpha value is -1.74. The lowest BCUT2D eigenvalue weighted by atomic mass is 10.2. The molecule has 1 saturated heterocycles. The largest absolute Gasteiger partial charge is 0.444 e. The molecule has 0 saturated carbocycles. The summed E-state index contributed by atoms with van der Waals surface area (Å²) >= 11 is 1.11. The normalized spacial score (nSPS) is 15.3. The predicted octanol–water partition coefficient (Wildman–Crippen LogP) is 1.96. The highest BCUT2D eigenvalue weighted by molar-refractivity contribution is 8.13. The van der Waals surface area contributed by atoms with Crippen LogP contribution >= 0.6 is 11.8 Å². The van der Waals surface area contributed by atoms with E-state index in [9.17, 15) is 14.7 Å². The summed E-state index contributed by atoms with van der Waals surface area (Å²) in [6.45, 7) is 10.0. The molecular weight excluding hydrogens is 356 g/mol. The van der Waals surface area contributed by atoms with E-state index in [0.717, 1.165) is 11.8 Å². The molecule has 0 spiro atoms. The lowest BCUT2D eigenvalue weighted by Crippen LogP contribution is -2.50. The summed E-state index contributed by atoms with van der Waals surface area (Å²) in [4.78, 5) is 32.7. The number of anilines is 1. The molecule has 0 atom stereocenters. The minimum atomic E-state index is -0.518. The molecule has 0 unspecified atom stereocenters. The number of imidazole rings is 1. The quantitative estimate of drug-likeness (QED) is 0.849. The Morgan fingerprint density at radius 2 is 1.85 bits per heavy atom. The Morgan fingerprint density at radius 3 is 2.31 bits per heavy atom. The molecule has 1 N–H and O–H groups in total. The van der Waals surface area contributed by atoms with Crippen molar-refractivity contribution in [3.05, 3.63) is 11.4 Å². The van der Waals surface area contributed by atoms with E-state index in [1.807, 2.05) is 37.2 Å². The van der Waals surface area contributed by atoms with Crippen LogP contribution in [-0.4, -0.2) is 68.8 Å². The van der Waals surface area contributed by atoms with E-state index < -0.39 is 5.60 Å². The molecule has 1 fully saturated rings. The molecule has 0 aromatic carbocycles. The van der Waals surface area contributed by atoms with Gasteiger partial charge in [0.2, 0.25) is 11.1 Å². The lowest BCUT2D eigenvalue weighted by molar-refractivity contribution is 0.0240. The van der Waals surface area contributed by atoms with Gasteiger partial charge in [0.05, 0.1) is 12.3 Å². The van der Waals surface area contributed by atoms with E-state index >= 15 is 0 Å². The lowest BCUT2D eigenvalue weighted by Gasteiger charge is -2.36. The summed E-state index contributed by atoms with van der Waals surface area (Å²) in [6.07, 6.45) is 1.40.